The van der Waals surface area contributed by atoms with Crippen molar-refractivity contribution in [2.75, 3.05) is 79.3 Å². The number of carbonyl (C=O) groups excluding carboxylic acids is 1. The number of benzene rings is 3. The molecule has 10 heteroatoms. The molecule has 0 aliphatic carbocycles. The van der Waals surface area contributed by atoms with Crippen LogP contribution in [0.15, 0.2) is 60.7 Å². The van der Waals surface area contributed by atoms with Crippen LogP contribution in [0.25, 0.3) is 0 Å². The molecule has 0 unspecified atom stereocenters. The van der Waals surface area contributed by atoms with Crippen LogP contribution in [0.1, 0.15) is 21.5 Å². The molecule has 0 radical (unpaired) electrons. The lowest BCUT2D eigenvalue weighted by atomic mass is 10.1. The number of para-hydroxylation sites is 2. The minimum absolute atomic E-state index is 0.160. The predicted molar refractivity (Wildman–Crippen MR) is 162 cm³/mol. The monoisotopic (exact) mass is 614 g/mol. The second-order valence-electron chi connectivity index (χ2n) is 9.34. The van der Waals surface area contributed by atoms with E-state index in [-0.39, 0.29) is 31.1 Å². The van der Waals surface area contributed by atoms with Gasteiger partial charge in [0.05, 0.1) is 64.2 Å². The van der Waals surface area contributed by atoms with Gasteiger partial charge in [-0.1, -0.05) is 24.3 Å². The van der Waals surface area contributed by atoms with Crippen molar-refractivity contribution in [3.63, 3.8) is 0 Å². The van der Waals surface area contributed by atoms with Crippen molar-refractivity contribution in [3.05, 3.63) is 90.2 Å². The van der Waals surface area contributed by atoms with E-state index in [1.54, 1.807) is 12.1 Å². The lowest BCUT2D eigenvalue weighted by Gasteiger charge is -2.16. The number of hydrogen-bond acceptors (Lipinski definition) is 10. The maximum Gasteiger partial charge on any atom is 0.343 e. The fourth-order valence-electron chi connectivity index (χ4n) is 4.01. The molecule has 0 saturated heterocycles. The van der Waals surface area contributed by atoms with Crippen molar-refractivity contribution < 1.29 is 47.4 Å². The molecule has 1 heterocycles. The summed E-state index contributed by atoms with van der Waals surface area (Å²) in [7, 11) is 0. The highest BCUT2D eigenvalue weighted by molar-refractivity contribution is 5.92. The Labute approximate surface area is 263 Å². The first kappa shape index (κ1) is 33.2. The summed E-state index contributed by atoms with van der Waals surface area (Å²) in [4.78, 5) is 13.0. The maximum atomic E-state index is 13.0. The number of ether oxygens (including phenoxy) is 9. The summed E-state index contributed by atoms with van der Waals surface area (Å²) in [5.74, 6) is 5.97. The lowest BCUT2D eigenvalue weighted by Crippen LogP contribution is -2.16. The second-order valence-corrected chi connectivity index (χ2v) is 9.34. The van der Waals surface area contributed by atoms with Gasteiger partial charge >= 0.3 is 5.97 Å². The first-order valence-electron chi connectivity index (χ1n) is 14.4. The van der Waals surface area contributed by atoms with Gasteiger partial charge in [-0.25, -0.2) is 4.79 Å². The molecule has 3 aromatic carbocycles. The third-order valence-electron chi connectivity index (χ3n) is 6.12. The van der Waals surface area contributed by atoms with E-state index in [4.69, 9.17) is 55.5 Å². The topological polar surface area (TPSA) is 100 Å². The Morgan fingerprint density at radius 2 is 0.956 bits per heavy atom. The fourth-order valence-corrected chi connectivity index (χ4v) is 4.01. The highest BCUT2D eigenvalue weighted by Gasteiger charge is 2.14. The van der Waals surface area contributed by atoms with E-state index in [9.17, 15) is 4.79 Å². The quantitative estimate of drug-likeness (QED) is 0.182. The van der Waals surface area contributed by atoms with Gasteiger partial charge in [-0.3, -0.25) is 11.8 Å². The van der Waals surface area contributed by atoms with E-state index < -0.39 is 5.97 Å². The largest absolute Gasteiger partial charge is 0.487 e. The highest BCUT2D eigenvalue weighted by atomic mass is 16.6. The van der Waals surface area contributed by atoms with Crippen LogP contribution in [0.3, 0.4) is 0 Å². The molecule has 0 bridgehead atoms. The van der Waals surface area contributed by atoms with Gasteiger partial charge in [-0.15, -0.1) is 11.1 Å². The molecule has 10 nitrogen and oxygen atoms in total. The SMILES string of the molecule is [C-]#Cc1cc(C#[C-])cc(OC(=O)c2ccc3c(c2)OCCOCCOCCOc2ccccc2OCCOCCOCCO3)c1. The standard InChI is InChI=1S/C35H34O10/c1-3-27-23-28(4-2)25-30(24-27)45-35(36)29-9-10-33-34(26-29)44-22-18-40-14-13-38-16-20-42-32-8-6-5-7-31(32)41-19-15-37-11-12-39-17-21-43-33/h5-10,23-26H,11-22H2/q-2. The van der Waals surface area contributed by atoms with Crippen LogP contribution in [0, 0.1) is 24.7 Å². The summed E-state index contributed by atoms with van der Waals surface area (Å²) >= 11 is 0. The van der Waals surface area contributed by atoms with Crippen LogP contribution in [-0.4, -0.2) is 85.3 Å². The summed E-state index contributed by atoms with van der Waals surface area (Å²) in [6, 6.07) is 16.6. The van der Waals surface area contributed by atoms with E-state index in [1.807, 2.05) is 24.3 Å². The number of rotatable bonds is 2. The second kappa shape index (κ2) is 18.8. The molecule has 3 aromatic rings. The van der Waals surface area contributed by atoms with Crippen LogP contribution < -0.4 is 23.7 Å². The Balaban J connectivity index is 1.34. The van der Waals surface area contributed by atoms with Crippen LogP contribution in [0.5, 0.6) is 28.7 Å². The first-order valence-corrected chi connectivity index (χ1v) is 14.4. The first-order chi connectivity index (χ1) is 22.2. The molecule has 4 rings (SSSR count). The minimum atomic E-state index is -0.654. The summed E-state index contributed by atoms with van der Waals surface area (Å²) in [5.41, 5.74) is 0.917. The van der Waals surface area contributed by atoms with Crippen molar-refractivity contribution in [2.24, 2.45) is 0 Å². The average molecular weight is 615 g/mol. The lowest BCUT2D eigenvalue weighted by molar-refractivity contribution is 0.0223. The smallest absolute Gasteiger partial charge is 0.343 e. The Bertz CT molecular complexity index is 1420. The molecule has 0 N–H and O–H groups in total. The average Bonchev–Trinajstić information content (AvgIpc) is 3.06. The van der Waals surface area contributed by atoms with Crippen molar-refractivity contribution in [1.29, 1.82) is 0 Å². The molecule has 45 heavy (non-hydrogen) atoms. The van der Waals surface area contributed by atoms with Crippen LogP contribution in [0.2, 0.25) is 0 Å². The zero-order valence-electron chi connectivity index (χ0n) is 24.8. The Morgan fingerprint density at radius 3 is 1.42 bits per heavy atom. The number of carbonyl (C=O) groups is 1. The van der Waals surface area contributed by atoms with Gasteiger partial charge in [0.2, 0.25) is 0 Å². The molecule has 0 spiro atoms. The van der Waals surface area contributed by atoms with Gasteiger partial charge in [0.1, 0.15) is 26.4 Å². The third kappa shape index (κ3) is 11.4. The minimum Gasteiger partial charge on any atom is -0.487 e. The normalized spacial score (nSPS) is 15.8. The van der Waals surface area contributed by atoms with Gasteiger partial charge in [0, 0.05) is 0 Å². The Hall–Kier alpha value is -4.71. The van der Waals surface area contributed by atoms with Gasteiger partial charge < -0.3 is 55.5 Å². The van der Waals surface area contributed by atoms with E-state index in [2.05, 4.69) is 11.8 Å². The molecule has 1 aliphatic rings. The molecular weight excluding hydrogens is 580 g/mol. The highest BCUT2D eigenvalue weighted by Crippen LogP contribution is 2.30. The molecule has 0 fully saturated rings. The predicted octanol–water partition coefficient (Wildman–Crippen LogP) is 4.08. The molecule has 0 amide bonds. The number of fused-ring (bicyclic) bond motifs is 2. The van der Waals surface area contributed by atoms with E-state index in [0.29, 0.717) is 93.6 Å². The maximum absolute atomic E-state index is 13.0. The van der Waals surface area contributed by atoms with Crippen molar-refractivity contribution in [1.82, 2.24) is 0 Å². The molecule has 0 saturated carbocycles. The van der Waals surface area contributed by atoms with Crippen molar-refractivity contribution >= 4 is 5.97 Å². The van der Waals surface area contributed by atoms with Crippen molar-refractivity contribution in [3.8, 4) is 40.6 Å². The van der Waals surface area contributed by atoms with E-state index in [1.165, 1.54) is 24.3 Å². The van der Waals surface area contributed by atoms with Gasteiger partial charge in [-0.2, -0.15) is 6.07 Å². The summed E-state index contributed by atoms with van der Waals surface area (Å²) in [6.45, 7) is 4.01. The fraction of sp³-hybridized carbons (Fsp3) is 0.343. The zero-order valence-corrected chi connectivity index (χ0v) is 24.8. The van der Waals surface area contributed by atoms with Crippen LogP contribution in [-0.2, 0) is 18.9 Å². The van der Waals surface area contributed by atoms with Gasteiger partial charge in [-0.05, 0) is 30.3 Å². The van der Waals surface area contributed by atoms with Gasteiger partial charge in [0.15, 0.2) is 23.0 Å². The Morgan fingerprint density at radius 1 is 0.533 bits per heavy atom. The third-order valence-corrected chi connectivity index (χ3v) is 6.12. The number of esters is 1. The molecule has 0 atom stereocenters. The van der Waals surface area contributed by atoms with Crippen LogP contribution >= 0.6 is 0 Å². The van der Waals surface area contributed by atoms with E-state index in [0.717, 1.165) is 0 Å². The summed E-state index contributed by atoms with van der Waals surface area (Å²) < 4.78 is 51.3. The van der Waals surface area contributed by atoms with Gasteiger partial charge in [0.25, 0.3) is 0 Å². The molecular formula is C35H34O10-2. The van der Waals surface area contributed by atoms with Crippen LogP contribution in [0.4, 0.5) is 0 Å². The molecule has 0 aromatic heterocycles. The van der Waals surface area contributed by atoms with Crippen molar-refractivity contribution in [2.45, 2.75) is 0 Å². The van der Waals surface area contributed by atoms with E-state index >= 15 is 0 Å². The molecule has 1 aliphatic heterocycles. The summed E-state index contributed by atoms with van der Waals surface area (Å²) in [6.07, 6.45) is 14.7. The summed E-state index contributed by atoms with van der Waals surface area (Å²) in [5, 5.41) is 0. The number of hydrogen-bond donors (Lipinski definition) is 0. The zero-order chi connectivity index (χ0) is 31.5. The molecule has 236 valence electrons. The Kier molecular flexibility index (Phi) is 13.9.